The van der Waals surface area contributed by atoms with Gasteiger partial charge in [0.05, 0.1) is 0 Å². The minimum absolute atomic E-state index is 0.0266. The number of nitrogens with one attached hydrogen (secondary N) is 1. The van der Waals surface area contributed by atoms with Gasteiger partial charge in [-0.1, -0.05) is 30.4 Å². The van der Waals surface area contributed by atoms with Gasteiger partial charge in [0.25, 0.3) is 5.91 Å². The van der Waals surface area contributed by atoms with Crippen LogP contribution in [0.3, 0.4) is 0 Å². The maximum absolute atomic E-state index is 12.4. The van der Waals surface area contributed by atoms with Crippen LogP contribution in [0.25, 0.3) is 0 Å². The van der Waals surface area contributed by atoms with Crippen LogP contribution in [0.4, 0.5) is 4.79 Å². The van der Waals surface area contributed by atoms with Crippen LogP contribution in [0.1, 0.15) is 12.8 Å². The monoisotopic (exact) mass is 285 g/mol. The van der Waals surface area contributed by atoms with E-state index in [1.54, 1.807) is 4.90 Å². The zero-order valence-corrected chi connectivity index (χ0v) is 11.8. The minimum Gasteiger partial charge on any atom is -0.351 e. The van der Waals surface area contributed by atoms with Gasteiger partial charge in [-0.2, -0.15) is 0 Å². The Hall–Kier alpha value is -2.30. The maximum Gasteiger partial charge on any atom is 0.314 e. The first kappa shape index (κ1) is 13.7. The number of urea groups is 1. The van der Waals surface area contributed by atoms with Crippen LogP contribution in [0, 0.1) is 11.8 Å². The summed E-state index contributed by atoms with van der Waals surface area (Å²) in [5, 5.41) is 2.95. The zero-order valence-electron chi connectivity index (χ0n) is 11.8. The average molecular weight is 285 g/mol. The molecule has 0 spiro atoms. The zero-order chi connectivity index (χ0) is 14.8. The summed E-state index contributed by atoms with van der Waals surface area (Å²) >= 11 is 0. The number of allylic oxidation sites excluding steroid dienone is 6. The van der Waals surface area contributed by atoms with E-state index in [2.05, 4.69) is 11.4 Å². The molecule has 1 fully saturated rings. The Bertz CT molecular complexity index is 578. The van der Waals surface area contributed by atoms with Crippen molar-refractivity contribution in [3.8, 4) is 0 Å². The second-order valence-electron chi connectivity index (χ2n) is 5.62. The molecule has 3 aliphatic rings. The predicted molar refractivity (Wildman–Crippen MR) is 80.0 cm³/mol. The summed E-state index contributed by atoms with van der Waals surface area (Å²) in [5.74, 6) is 0.298. The van der Waals surface area contributed by atoms with Crippen LogP contribution in [0.5, 0.6) is 0 Å². The van der Waals surface area contributed by atoms with E-state index < -0.39 is 0 Å². The molecule has 2 heterocycles. The Morgan fingerprint density at radius 3 is 2.71 bits per heavy atom. The Balaban J connectivity index is 1.77. The van der Waals surface area contributed by atoms with Crippen LogP contribution < -0.4 is 11.1 Å². The van der Waals surface area contributed by atoms with Crippen molar-refractivity contribution in [3.63, 3.8) is 0 Å². The maximum atomic E-state index is 12.4. The molecule has 1 unspecified atom stereocenters. The number of nitrogens with zero attached hydrogens (tertiary/aromatic N) is 1. The normalized spacial score (nSPS) is 25.6. The molecular weight excluding hydrogens is 266 g/mol. The summed E-state index contributed by atoms with van der Waals surface area (Å²) < 4.78 is 0. The van der Waals surface area contributed by atoms with E-state index in [1.165, 1.54) is 0 Å². The van der Waals surface area contributed by atoms with E-state index in [0.29, 0.717) is 13.1 Å². The molecule has 1 atom stereocenters. The van der Waals surface area contributed by atoms with Crippen molar-refractivity contribution in [2.75, 3.05) is 13.1 Å². The van der Waals surface area contributed by atoms with E-state index in [9.17, 15) is 9.59 Å². The lowest BCUT2D eigenvalue weighted by molar-refractivity contribution is -0.117. The first-order chi connectivity index (χ1) is 10.1. The lowest BCUT2D eigenvalue weighted by Gasteiger charge is -2.31. The number of fused-ring (bicyclic) bond motifs is 1. The summed E-state index contributed by atoms with van der Waals surface area (Å²) in [6.07, 6.45) is 13.5. The third-order valence-electron chi connectivity index (χ3n) is 4.23. The van der Waals surface area contributed by atoms with Crippen molar-refractivity contribution >= 4 is 11.9 Å². The van der Waals surface area contributed by atoms with Gasteiger partial charge in [0.15, 0.2) is 0 Å². The number of hydrogen-bond acceptors (Lipinski definition) is 2. The fraction of sp³-hybridized carbons (Fsp3) is 0.375. The molecule has 2 aliphatic heterocycles. The number of carbonyl (C=O) groups is 2. The van der Waals surface area contributed by atoms with Gasteiger partial charge in [0.1, 0.15) is 0 Å². The number of amides is 3. The predicted octanol–water partition coefficient (Wildman–Crippen LogP) is 1.46. The first-order valence-electron chi connectivity index (χ1n) is 7.27. The SMILES string of the molecule is NC(=O)N1CCC(C2=CC3C=CC=CC(=C3)NC2=O)CC1. The molecule has 5 heteroatoms. The first-order valence-corrected chi connectivity index (χ1v) is 7.27. The van der Waals surface area contributed by atoms with Gasteiger partial charge in [-0.3, -0.25) is 4.79 Å². The molecule has 1 aliphatic carbocycles. The quantitative estimate of drug-likeness (QED) is 0.765. The fourth-order valence-electron chi connectivity index (χ4n) is 3.08. The second-order valence-corrected chi connectivity index (χ2v) is 5.62. The van der Waals surface area contributed by atoms with E-state index >= 15 is 0 Å². The Kier molecular flexibility index (Phi) is 3.64. The summed E-state index contributed by atoms with van der Waals surface area (Å²) in [7, 11) is 0. The lowest BCUT2D eigenvalue weighted by atomic mass is 9.87. The highest BCUT2D eigenvalue weighted by atomic mass is 16.2. The van der Waals surface area contributed by atoms with Gasteiger partial charge in [-0.25, -0.2) is 4.79 Å². The average Bonchev–Trinajstić information content (AvgIpc) is 2.78. The Morgan fingerprint density at radius 2 is 2.00 bits per heavy atom. The highest BCUT2D eigenvalue weighted by Gasteiger charge is 2.29. The number of nitrogens with two attached hydrogens (primary N) is 1. The summed E-state index contributed by atoms with van der Waals surface area (Å²) in [6.45, 7) is 1.23. The van der Waals surface area contributed by atoms with Gasteiger partial charge in [0.2, 0.25) is 0 Å². The standard InChI is InChI=1S/C16H19N3O2/c17-16(21)19-7-5-12(6-8-19)14-10-11-3-1-2-4-13(9-11)18-15(14)20/h1-4,9-12H,5-8H2,(H2,17,21)(H,18,20). The molecular formula is C16H19N3O2. The second kappa shape index (κ2) is 5.60. The van der Waals surface area contributed by atoms with Crippen molar-refractivity contribution in [1.29, 1.82) is 0 Å². The molecule has 3 rings (SSSR count). The summed E-state index contributed by atoms with van der Waals surface area (Å²) in [4.78, 5) is 25.2. The van der Waals surface area contributed by atoms with E-state index in [-0.39, 0.29) is 23.8 Å². The molecule has 0 radical (unpaired) electrons. The fourth-order valence-corrected chi connectivity index (χ4v) is 3.08. The van der Waals surface area contributed by atoms with Crippen LogP contribution in [0.15, 0.2) is 47.7 Å². The summed E-state index contributed by atoms with van der Waals surface area (Å²) in [5.41, 5.74) is 6.97. The molecule has 0 aromatic carbocycles. The van der Waals surface area contributed by atoms with Gasteiger partial charge < -0.3 is 16.0 Å². The van der Waals surface area contributed by atoms with Gasteiger partial charge in [0, 0.05) is 30.3 Å². The third-order valence-corrected chi connectivity index (χ3v) is 4.23. The highest BCUT2D eigenvalue weighted by Crippen LogP contribution is 2.29. The van der Waals surface area contributed by atoms with Gasteiger partial charge in [-0.05, 0) is 24.8 Å². The number of rotatable bonds is 1. The molecule has 0 saturated carbocycles. The van der Waals surface area contributed by atoms with Crippen molar-refractivity contribution < 1.29 is 9.59 Å². The molecule has 110 valence electrons. The number of primary amides is 1. The van der Waals surface area contributed by atoms with E-state index in [1.807, 2.05) is 30.4 Å². The van der Waals surface area contributed by atoms with Crippen LogP contribution in [-0.2, 0) is 4.79 Å². The molecule has 3 amide bonds. The van der Waals surface area contributed by atoms with Gasteiger partial charge >= 0.3 is 6.03 Å². The van der Waals surface area contributed by atoms with Crippen molar-refractivity contribution in [1.82, 2.24) is 10.2 Å². The molecule has 3 N–H and O–H groups in total. The van der Waals surface area contributed by atoms with Crippen LogP contribution in [-0.4, -0.2) is 29.9 Å². The Morgan fingerprint density at radius 1 is 1.24 bits per heavy atom. The molecule has 2 bridgehead atoms. The summed E-state index contributed by atoms with van der Waals surface area (Å²) in [6, 6.07) is -0.378. The molecule has 21 heavy (non-hydrogen) atoms. The smallest absolute Gasteiger partial charge is 0.314 e. The number of carbonyl (C=O) groups excluding carboxylic acids is 2. The molecule has 0 aromatic rings. The van der Waals surface area contributed by atoms with E-state index in [0.717, 1.165) is 24.1 Å². The van der Waals surface area contributed by atoms with Crippen LogP contribution in [0.2, 0.25) is 0 Å². The number of likely N-dealkylation sites (tertiary alicyclic amines) is 1. The number of piperidine rings is 1. The minimum atomic E-state index is -0.378. The Labute approximate surface area is 123 Å². The van der Waals surface area contributed by atoms with E-state index in [4.69, 9.17) is 5.73 Å². The molecule has 5 nitrogen and oxygen atoms in total. The molecule has 1 saturated heterocycles. The van der Waals surface area contributed by atoms with Gasteiger partial charge in [-0.15, -0.1) is 0 Å². The molecule has 0 aromatic heterocycles. The lowest BCUT2D eigenvalue weighted by Crippen LogP contribution is -2.43. The van der Waals surface area contributed by atoms with Crippen molar-refractivity contribution in [3.05, 3.63) is 47.7 Å². The van der Waals surface area contributed by atoms with Crippen LogP contribution >= 0.6 is 0 Å². The third kappa shape index (κ3) is 2.91. The van der Waals surface area contributed by atoms with Crippen molar-refractivity contribution in [2.24, 2.45) is 17.6 Å². The highest BCUT2D eigenvalue weighted by molar-refractivity contribution is 5.96. The van der Waals surface area contributed by atoms with Crippen molar-refractivity contribution in [2.45, 2.75) is 12.8 Å². The largest absolute Gasteiger partial charge is 0.351 e. The topological polar surface area (TPSA) is 75.4 Å². The number of hydrogen-bond donors (Lipinski definition) is 2.